The Morgan fingerprint density at radius 1 is 1.08 bits per heavy atom. The minimum absolute atomic E-state index is 0.00382. The third kappa shape index (κ3) is 3.58. The first-order valence-corrected chi connectivity index (χ1v) is 8.41. The van der Waals surface area contributed by atoms with Gasteiger partial charge >= 0.3 is 0 Å². The lowest BCUT2D eigenvalue weighted by molar-refractivity contribution is -0.134. The molecule has 0 unspecified atom stereocenters. The van der Waals surface area contributed by atoms with Crippen molar-refractivity contribution >= 4 is 23.4 Å². The molecule has 0 spiro atoms. The van der Waals surface area contributed by atoms with Gasteiger partial charge in [0.25, 0.3) is 5.91 Å². The highest BCUT2D eigenvalue weighted by molar-refractivity contribution is 6.19. The Hall–Kier alpha value is -2.37. The number of imide groups is 1. The third-order valence-electron chi connectivity index (χ3n) is 4.65. The second-order valence-corrected chi connectivity index (χ2v) is 6.47. The second-order valence-electron chi connectivity index (χ2n) is 6.47. The zero-order valence-electron chi connectivity index (χ0n) is 13.9. The first-order chi connectivity index (χ1) is 11.5. The maximum atomic E-state index is 12.1. The number of ether oxygens (including phenoxy) is 1. The molecular weight excluding hydrogens is 308 g/mol. The number of anilines is 1. The number of hydrogen-bond donors (Lipinski definition) is 0. The monoisotopic (exact) mass is 330 g/mol. The molecule has 6 heteroatoms. The lowest BCUT2D eigenvalue weighted by Gasteiger charge is -2.30. The number of piperidine rings is 1. The summed E-state index contributed by atoms with van der Waals surface area (Å²) in [5.74, 6) is 0.873. The molecule has 0 aliphatic carbocycles. The molecule has 24 heavy (non-hydrogen) atoms. The number of hydrogen-bond acceptors (Lipinski definition) is 4. The third-order valence-corrected chi connectivity index (χ3v) is 4.65. The van der Waals surface area contributed by atoms with Crippen molar-refractivity contribution in [3.05, 3.63) is 24.3 Å². The molecule has 0 atom stereocenters. The largest absolute Gasteiger partial charge is 0.484 e. The summed E-state index contributed by atoms with van der Waals surface area (Å²) >= 11 is 0. The van der Waals surface area contributed by atoms with Crippen LogP contribution in [0.25, 0.3) is 0 Å². The topological polar surface area (TPSA) is 66.9 Å². The number of amides is 3. The van der Waals surface area contributed by atoms with Crippen LogP contribution in [-0.2, 0) is 14.4 Å². The van der Waals surface area contributed by atoms with Gasteiger partial charge in [-0.05, 0) is 43.0 Å². The van der Waals surface area contributed by atoms with Crippen LogP contribution in [-0.4, -0.2) is 42.3 Å². The normalized spacial score (nSPS) is 19.0. The van der Waals surface area contributed by atoms with Crippen LogP contribution in [0.2, 0.25) is 0 Å². The molecule has 2 fully saturated rings. The van der Waals surface area contributed by atoms with Crippen LogP contribution in [0.4, 0.5) is 5.69 Å². The number of nitrogens with zero attached hydrogens (tertiary/aromatic N) is 2. The molecular formula is C18H22N2O4. The molecule has 0 radical (unpaired) electrons. The van der Waals surface area contributed by atoms with Crippen LogP contribution in [0.15, 0.2) is 24.3 Å². The zero-order valence-corrected chi connectivity index (χ0v) is 13.9. The summed E-state index contributed by atoms with van der Waals surface area (Å²) in [7, 11) is 0. The number of carbonyl (C=O) groups is 3. The van der Waals surface area contributed by atoms with Gasteiger partial charge in [-0.3, -0.25) is 19.3 Å². The molecule has 6 nitrogen and oxygen atoms in total. The van der Waals surface area contributed by atoms with Gasteiger partial charge in [0.05, 0.1) is 5.69 Å². The number of benzene rings is 1. The molecule has 2 heterocycles. The van der Waals surface area contributed by atoms with E-state index < -0.39 is 0 Å². The van der Waals surface area contributed by atoms with E-state index in [1.54, 1.807) is 24.3 Å². The average molecular weight is 330 g/mol. The predicted octanol–water partition coefficient (Wildman–Crippen LogP) is 1.98. The fourth-order valence-electron chi connectivity index (χ4n) is 3.05. The first-order valence-electron chi connectivity index (χ1n) is 8.41. The maximum absolute atomic E-state index is 12.1. The minimum atomic E-state index is -0.178. The van der Waals surface area contributed by atoms with Gasteiger partial charge in [-0.2, -0.15) is 0 Å². The van der Waals surface area contributed by atoms with E-state index in [1.807, 2.05) is 4.90 Å². The van der Waals surface area contributed by atoms with Gasteiger partial charge < -0.3 is 9.64 Å². The van der Waals surface area contributed by atoms with Crippen molar-refractivity contribution < 1.29 is 19.1 Å². The van der Waals surface area contributed by atoms with E-state index in [9.17, 15) is 14.4 Å². The molecule has 3 amide bonds. The molecule has 0 saturated carbocycles. The van der Waals surface area contributed by atoms with Crippen LogP contribution in [0.1, 0.15) is 32.6 Å². The molecule has 0 N–H and O–H groups in total. The van der Waals surface area contributed by atoms with Gasteiger partial charge in [0, 0.05) is 25.9 Å². The van der Waals surface area contributed by atoms with E-state index in [2.05, 4.69) is 6.92 Å². The van der Waals surface area contributed by atoms with Crippen molar-refractivity contribution in [3.63, 3.8) is 0 Å². The van der Waals surface area contributed by atoms with Crippen molar-refractivity contribution in [2.75, 3.05) is 24.6 Å². The van der Waals surface area contributed by atoms with Crippen LogP contribution in [0, 0.1) is 5.92 Å². The van der Waals surface area contributed by atoms with Crippen LogP contribution >= 0.6 is 0 Å². The Labute approximate surface area is 141 Å². The minimum Gasteiger partial charge on any atom is -0.484 e. The smallest absolute Gasteiger partial charge is 0.260 e. The quantitative estimate of drug-likeness (QED) is 0.792. The molecule has 3 rings (SSSR count). The summed E-state index contributed by atoms with van der Waals surface area (Å²) in [6, 6.07) is 6.70. The fourth-order valence-corrected chi connectivity index (χ4v) is 3.05. The molecule has 128 valence electrons. The van der Waals surface area contributed by atoms with Crippen molar-refractivity contribution in [3.8, 4) is 5.75 Å². The highest BCUT2D eigenvalue weighted by atomic mass is 16.5. The maximum Gasteiger partial charge on any atom is 0.260 e. The van der Waals surface area contributed by atoms with E-state index in [0.29, 0.717) is 17.4 Å². The molecule has 1 aromatic rings. The van der Waals surface area contributed by atoms with Gasteiger partial charge in [0.15, 0.2) is 6.61 Å². The lowest BCUT2D eigenvalue weighted by Crippen LogP contribution is -2.40. The van der Waals surface area contributed by atoms with Crippen molar-refractivity contribution in [1.82, 2.24) is 4.90 Å². The van der Waals surface area contributed by atoms with Gasteiger partial charge in [0.1, 0.15) is 5.75 Å². The Kier molecular flexibility index (Phi) is 4.83. The van der Waals surface area contributed by atoms with E-state index >= 15 is 0 Å². The summed E-state index contributed by atoms with van der Waals surface area (Å²) in [5.41, 5.74) is 0.547. The first kappa shape index (κ1) is 16.5. The molecule has 2 aliphatic heterocycles. The van der Waals surface area contributed by atoms with Gasteiger partial charge in [-0.25, -0.2) is 0 Å². The fraction of sp³-hybridized carbons (Fsp3) is 0.500. The Balaban J connectivity index is 1.54. The van der Waals surface area contributed by atoms with Crippen LogP contribution in [0.3, 0.4) is 0 Å². The number of carbonyl (C=O) groups excluding carboxylic acids is 3. The molecule has 1 aromatic carbocycles. The number of likely N-dealkylation sites (tertiary alicyclic amines) is 1. The predicted molar refractivity (Wildman–Crippen MR) is 88.6 cm³/mol. The van der Waals surface area contributed by atoms with E-state index in [1.165, 1.54) is 4.90 Å². The summed E-state index contributed by atoms with van der Waals surface area (Å²) in [6.45, 7) is 3.80. The number of rotatable bonds is 4. The van der Waals surface area contributed by atoms with E-state index in [0.717, 1.165) is 25.9 Å². The zero-order chi connectivity index (χ0) is 17.1. The Bertz CT molecular complexity index is 617. The standard InChI is InChI=1S/C18H22N2O4/c1-13-8-10-19(11-9-13)18(23)12-24-15-4-2-14(3-5-15)20-16(21)6-7-17(20)22/h2-5,13H,6-12H2,1H3. The average Bonchev–Trinajstić information content (AvgIpc) is 2.92. The van der Waals surface area contributed by atoms with Crippen molar-refractivity contribution in [2.45, 2.75) is 32.6 Å². The highest BCUT2D eigenvalue weighted by Gasteiger charge is 2.30. The second kappa shape index (κ2) is 7.03. The molecule has 0 bridgehead atoms. The van der Waals surface area contributed by atoms with E-state index in [-0.39, 0.29) is 37.2 Å². The molecule has 2 saturated heterocycles. The van der Waals surface area contributed by atoms with Crippen LogP contribution < -0.4 is 9.64 Å². The van der Waals surface area contributed by atoms with Gasteiger partial charge in [-0.1, -0.05) is 6.92 Å². The SMILES string of the molecule is CC1CCN(C(=O)COc2ccc(N3C(=O)CCC3=O)cc2)CC1. The molecule has 2 aliphatic rings. The summed E-state index contributed by atoms with van der Waals surface area (Å²) in [6.07, 6.45) is 2.61. The van der Waals surface area contributed by atoms with Gasteiger partial charge in [-0.15, -0.1) is 0 Å². The highest BCUT2D eigenvalue weighted by Crippen LogP contribution is 2.25. The summed E-state index contributed by atoms with van der Waals surface area (Å²) in [5, 5.41) is 0. The summed E-state index contributed by atoms with van der Waals surface area (Å²) < 4.78 is 5.54. The van der Waals surface area contributed by atoms with E-state index in [4.69, 9.17) is 4.74 Å². The summed E-state index contributed by atoms with van der Waals surface area (Å²) in [4.78, 5) is 38.6. The Morgan fingerprint density at radius 3 is 2.25 bits per heavy atom. The van der Waals surface area contributed by atoms with Gasteiger partial charge in [0.2, 0.25) is 11.8 Å². The molecule has 0 aromatic heterocycles. The lowest BCUT2D eigenvalue weighted by atomic mass is 9.99. The van der Waals surface area contributed by atoms with Crippen molar-refractivity contribution in [2.24, 2.45) is 5.92 Å². The van der Waals surface area contributed by atoms with Crippen LogP contribution in [0.5, 0.6) is 5.75 Å². The van der Waals surface area contributed by atoms with Crippen molar-refractivity contribution in [1.29, 1.82) is 0 Å². The Morgan fingerprint density at radius 2 is 1.67 bits per heavy atom.